The van der Waals surface area contributed by atoms with Crippen LogP contribution in [-0.2, 0) is 0 Å². The van der Waals surface area contributed by atoms with Crippen molar-refractivity contribution in [3.8, 4) is 22.6 Å². The van der Waals surface area contributed by atoms with Gasteiger partial charge in [0.25, 0.3) is 0 Å². The molecule has 0 bridgehead atoms. The minimum Gasteiger partial charge on any atom is -0.478 e. The van der Waals surface area contributed by atoms with Gasteiger partial charge in [-0.25, -0.2) is 4.79 Å². The van der Waals surface area contributed by atoms with Gasteiger partial charge in [0, 0.05) is 11.8 Å². The molecule has 7 heteroatoms. The fourth-order valence-corrected chi connectivity index (χ4v) is 1.87. The maximum Gasteiger partial charge on any atom is 0.337 e. The lowest BCUT2D eigenvalue weighted by Gasteiger charge is -2.07. The van der Waals surface area contributed by atoms with Gasteiger partial charge < -0.3 is 5.11 Å². The molecule has 0 amide bonds. The number of carbonyl (C=O) groups is 1. The predicted molar refractivity (Wildman–Crippen MR) is 69.8 cm³/mol. The summed E-state index contributed by atoms with van der Waals surface area (Å²) < 4.78 is 0. The molecule has 0 saturated heterocycles. The van der Waals surface area contributed by atoms with Crippen LogP contribution in [-0.4, -0.2) is 36.7 Å². The van der Waals surface area contributed by atoms with Crippen molar-refractivity contribution < 1.29 is 9.90 Å². The summed E-state index contributed by atoms with van der Waals surface area (Å²) in [6.45, 7) is 0. The first kappa shape index (κ1) is 12.0. The lowest BCUT2D eigenvalue weighted by Crippen LogP contribution is -2.02. The van der Waals surface area contributed by atoms with Crippen molar-refractivity contribution >= 4 is 5.97 Å². The van der Waals surface area contributed by atoms with Crippen LogP contribution in [0, 0.1) is 0 Å². The molecule has 20 heavy (non-hydrogen) atoms. The lowest BCUT2D eigenvalue weighted by molar-refractivity contribution is 0.0697. The number of carboxylic acid groups (broad SMARTS) is 1. The van der Waals surface area contributed by atoms with Crippen LogP contribution in [0.15, 0.2) is 42.6 Å². The highest BCUT2D eigenvalue weighted by atomic mass is 16.4. The molecule has 7 nitrogen and oxygen atoms in total. The minimum absolute atomic E-state index is 0.128. The molecule has 0 aliphatic heterocycles. The Balaban J connectivity index is 2.19. The summed E-state index contributed by atoms with van der Waals surface area (Å²) in [6.07, 6.45) is 1.30. The first-order valence-corrected chi connectivity index (χ1v) is 5.78. The molecule has 0 aliphatic carbocycles. The van der Waals surface area contributed by atoms with E-state index in [0.29, 0.717) is 17.1 Å². The summed E-state index contributed by atoms with van der Waals surface area (Å²) in [5, 5.41) is 22.7. The number of pyridine rings is 1. The van der Waals surface area contributed by atoms with E-state index in [-0.39, 0.29) is 5.56 Å². The van der Waals surface area contributed by atoms with Gasteiger partial charge in [-0.05, 0) is 16.8 Å². The molecule has 0 fully saturated rings. The van der Waals surface area contributed by atoms with Crippen LogP contribution < -0.4 is 0 Å². The number of carboxylic acids is 1. The van der Waals surface area contributed by atoms with Crippen molar-refractivity contribution in [3.05, 3.63) is 48.2 Å². The van der Waals surface area contributed by atoms with E-state index in [1.165, 1.54) is 6.20 Å². The standard InChI is InChI=1S/C13H9N5O2/c19-13(20)10-7-14-11(12-15-17-18-16-12)6-9(10)8-4-2-1-3-5-8/h1-7H,(H,19,20)(H,15,16,17,18). The van der Waals surface area contributed by atoms with E-state index in [0.717, 1.165) is 5.56 Å². The van der Waals surface area contributed by atoms with Gasteiger partial charge in [-0.2, -0.15) is 5.21 Å². The average Bonchev–Trinajstić information content (AvgIpc) is 3.02. The number of benzene rings is 1. The summed E-state index contributed by atoms with van der Waals surface area (Å²) in [7, 11) is 0. The van der Waals surface area contributed by atoms with E-state index in [2.05, 4.69) is 25.6 Å². The molecule has 2 aromatic heterocycles. The quantitative estimate of drug-likeness (QED) is 0.747. The number of nitrogens with one attached hydrogen (secondary N) is 1. The van der Waals surface area contributed by atoms with E-state index < -0.39 is 5.97 Å². The topological polar surface area (TPSA) is 105 Å². The number of hydrogen-bond acceptors (Lipinski definition) is 5. The third kappa shape index (κ3) is 2.12. The van der Waals surface area contributed by atoms with Gasteiger partial charge in [0.1, 0.15) is 5.69 Å². The molecule has 3 aromatic rings. The molecule has 98 valence electrons. The molecule has 2 heterocycles. The summed E-state index contributed by atoms with van der Waals surface area (Å²) in [5.74, 6) is -0.713. The van der Waals surface area contributed by atoms with Crippen LogP contribution in [0.25, 0.3) is 22.6 Å². The van der Waals surface area contributed by atoms with Crippen LogP contribution in [0.2, 0.25) is 0 Å². The van der Waals surface area contributed by atoms with Crippen LogP contribution in [0.4, 0.5) is 0 Å². The monoisotopic (exact) mass is 267 g/mol. The van der Waals surface area contributed by atoms with Crippen molar-refractivity contribution in [2.75, 3.05) is 0 Å². The van der Waals surface area contributed by atoms with Gasteiger partial charge in [0.15, 0.2) is 0 Å². The van der Waals surface area contributed by atoms with Gasteiger partial charge in [0.05, 0.1) is 5.56 Å². The second kappa shape index (κ2) is 4.88. The maximum absolute atomic E-state index is 11.3. The Morgan fingerprint density at radius 1 is 1.20 bits per heavy atom. The smallest absolute Gasteiger partial charge is 0.337 e. The second-order valence-electron chi connectivity index (χ2n) is 4.02. The third-order valence-electron chi connectivity index (χ3n) is 2.79. The van der Waals surface area contributed by atoms with Gasteiger partial charge in [-0.1, -0.05) is 30.3 Å². The first-order chi connectivity index (χ1) is 9.75. The molecular weight excluding hydrogens is 258 g/mol. The molecule has 1 aromatic carbocycles. The summed E-state index contributed by atoms with van der Waals surface area (Å²) in [5.41, 5.74) is 1.94. The van der Waals surface area contributed by atoms with Crippen LogP contribution in [0.5, 0.6) is 0 Å². The first-order valence-electron chi connectivity index (χ1n) is 5.78. The zero-order valence-corrected chi connectivity index (χ0v) is 10.2. The number of nitrogens with zero attached hydrogens (tertiary/aromatic N) is 4. The maximum atomic E-state index is 11.3. The second-order valence-corrected chi connectivity index (χ2v) is 4.02. The van der Waals surface area contributed by atoms with E-state index >= 15 is 0 Å². The van der Waals surface area contributed by atoms with Gasteiger partial charge >= 0.3 is 5.97 Å². The normalized spacial score (nSPS) is 10.4. The number of aromatic carboxylic acids is 1. The Labute approximate surface area is 113 Å². The van der Waals surface area contributed by atoms with Crippen LogP contribution >= 0.6 is 0 Å². The fourth-order valence-electron chi connectivity index (χ4n) is 1.87. The number of rotatable bonds is 3. The molecule has 0 spiro atoms. The molecule has 0 unspecified atom stereocenters. The SMILES string of the molecule is O=C(O)c1cnc(-c2nn[nH]n2)cc1-c1ccccc1. The third-order valence-corrected chi connectivity index (χ3v) is 2.79. The van der Waals surface area contributed by atoms with Crippen molar-refractivity contribution in [2.24, 2.45) is 0 Å². The molecule has 0 aliphatic rings. The molecular formula is C13H9N5O2. The van der Waals surface area contributed by atoms with E-state index in [1.807, 2.05) is 30.3 Å². The minimum atomic E-state index is -1.03. The Morgan fingerprint density at radius 2 is 2.00 bits per heavy atom. The molecule has 0 saturated carbocycles. The highest BCUT2D eigenvalue weighted by Crippen LogP contribution is 2.26. The van der Waals surface area contributed by atoms with Crippen LogP contribution in [0.3, 0.4) is 0 Å². The zero-order chi connectivity index (χ0) is 13.9. The number of hydrogen-bond donors (Lipinski definition) is 2. The van der Waals surface area contributed by atoms with Crippen molar-refractivity contribution in [1.29, 1.82) is 0 Å². The predicted octanol–water partition coefficient (Wildman–Crippen LogP) is 1.63. The molecule has 2 N–H and O–H groups in total. The summed E-state index contributed by atoms with van der Waals surface area (Å²) in [4.78, 5) is 15.4. The number of tetrazole rings is 1. The fraction of sp³-hybridized carbons (Fsp3) is 0. The number of H-pyrrole nitrogens is 1. The van der Waals surface area contributed by atoms with E-state index in [1.54, 1.807) is 6.07 Å². The largest absolute Gasteiger partial charge is 0.478 e. The van der Waals surface area contributed by atoms with Gasteiger partial charge in [-0.15, -0.1) is 10.2 Å². The number of aromatic amines is 1. The van der Waals surface area contributed by atoms with Crippen molar-refractivity contribution in [2.45, 2.75) is 0 Å². The average molecular weight is 267 g/mol. The highest BCUT2D eigenvalue weighted by molar-refractivity contribution is 5.96. The molecule has 0 radical (unpaired) electrons. The van der Waals surface area contributed by atoms with Crippen LogP contribution in [0.1, 0.15) is 10.4 Å². The van der Waals surface area contributed by atoms with E-state index in [4.69, 9.17) is 0 Å². The van der Waals surface area contributed by atoms with Gasteiger partial charge in [0.2, 0.25) is 5.82 Å². The Kier molecular flexibility index (Phi) is 2.92. The Morgan fingerprint density at radius 3 is 2.65 bits per heavy atom. The molecule has 0 atom stereocenters. The highest BCUT2D eigenvalue weighted by Gasteiger charge is 2.15. The lowest BCUT2D eigenvalue weighted by atomic mass is 10.0. The van der Waals surface area contributed by atoms with Crippen molar-refractivity contribution in [1.82, 2.24) is 25.6 Å². The van der Waals surface area contributed by atoms with E-state index in [9.17, 15) is 9.90 Å². The zero-order valence-electron chi connectivity index (χ0n) is 10.2. The summed E-state index contributed by atoms with van der Waals surface area (Å²) >= 11 is 0. The Hall–Kier alpha value is -3.09. The van der Waals surface area contributed by atoms with Gasteiger partial charge in [-0.3, -0.25) is 4.98 Å². The summed E-state index contributed by atoms with van der Waals surface area (Å²) in [6, 6.07) is 10.9. The Bertz CT molecular complexity index is 741. The number of aromatic nitrogens is 5. The molecule has 3 rings (SSSR count). The van der Waals surface area contributed by atoms with Crippen molar-refractivity contribution in [3.63, 3.8) is 0 Å².